The van der Waals surface area contributed by atoms with Crippen LogP contribution in [0.15, 0.2) is 48.5 Å². The van der Waals surface area contributed by atoms with Crippen molar-refractivity contribution < 1.29 is 14.3 Å². The molecule has 34 heavy (non-hydrogen) atoms. The van der Waals surface area contributed by atoms with E-state index in [0.717, 1.165) is 46.2 Å². The molecule has 0 spiro atoms. The van der Waals surface area contributed by atoms with Crippen LogP contribution in [-0.2, 0) is 4.79 Å². The van der Waals surface area contributed by atoms with Gasteiger partial charge in [0.05, 0.1) is 41.9 Å². The van der Waals surface area contributed by atoms with Crippen LogP contribution in [0.2, 0.25) is 0 Å². The number of carbonyl (C=O) groups excluding carboxylic acids is 1. The second-order valence-corrected chi connectivity index (χ2v) is 9.30. The second kappa shape index (κ2) is 9.34. The number of nitrogens with one attached hydrogen (secondary N) is 1. The van der Waals surface area contributed by atoms with Crippen LogP contribution >= 0.6 is 11.3 Å². The summed E-state index contributed by atoms with van der Waals surface area (Å²) in [5.74, 6) is 1.10. The molecule has 1 aliphatic heterocycles. The Morgan fingerprint density at radius 1 is 1.15 bits per heavy atom. The van der Waals surface area contributed by atoms with E-state index in [1.54, 1.807) is 31.6 Å². The van der Waals surface area contributed by atoms with Crippen LogP contribution in [0.25, 0.3) is 16.0 Å². The SMILES string of the molecule is COc1ccc(NC(=O)[C@H]2CCCN(c3nc4c(s3)c(C)nn4-c3ccccc3)C2)c(OC)c1. The molecule has 8 nitrogen and oxygen atoms in total. The number of benzene rings is 2. The first-order valence-electron chi connectivity index (χ1n) is 11.3. The van der Waals surface area contributed by atoms with E-state index in [1.807, 2.05) is 54.1 Å². The van der Waals surface area contributed by atoms with Gasteiger partial charge in [-0.15, -0.1) is 0 Å². The number of carbonyl (C=O) groups is 1. The van der Waals surface area contributed by atoms with Gasteiger partial charge in [0.1, 0.15) is 11.5 Å². The predicted octanol–water partition coefficient (Wildman–Crippen LogP) is 4.66. The van der Waals surface area contributed by atoms with Crippen LogP contribution in [0.5, 0.6) is 11.5 Å². The summed E-state index contributed by atoms with van der Waals surface area (Å²) < 4.78 is 13.7. The first-order chi connectivity index (χ1) is 16.6. The zero-order valence-electron chi connectivity index (χ0n) is 19.4. The molecule has 2 aromatic heterocycles. The summed E-state index contributed by atoms with van der Waals surface area (Å²) in [6.07, 6.45) is 1.76. The number of ether oxygens (including phenoxy) is 2. The van der Waals surface area contributed by atoms with Gasteiger partial charge in [-0.2, -0.15) is 10.1 Å². The van der Waals surface area contributed by atoms with E-state index >= 15 is 0 Å². The van der Waals surface area contributed by atoms with Gasteiger partial charge in [-0.25, -0.2) is 4.68 Å². The Bertz CT molecular complexity index is 1320. The third-order valence-electron chi connectivity index (χ3n) is 6.11. The van der Waals surface area contributed by atoms with Crippen LogP contribution in [0.3, 0.4) is 0 Å². The van der Waals surface area contributed by atoms with E-state index in [9.17, 15) is 4.79 Å². The van der Waals surface area contributed by atoms with Gasteiger partial charge in [0, 0.05) is 19.2 Å². The zero-order valence-corrected chi connectivity index (χ0v) is 20.3. The van der Waals surface area contributed by atoms with Crippen molar-refractivity contribution in [2.24, 2.45) is 5.92 Å². The van der Waals surface area contributed by atoms with Gasteiger partial charge in [0.2, 0.25) is 5.91 Å². The average Bonchev–Trinajstić information content (AvgIpc) is 3.45. The Morgan fingerprint density at radius 2 is 1.97 bits per heavy atom. The minimum atomic E-state index is -0.140. The van der Waals surface area contributed by atoms with Gasteiger partial charge >= 0.3 is 0 Å². The van der Waals surface area contributed by atoms with Crippen molar-refractivity contribution in [3.05, 3.63) is 54.2 Å². The number of fused-ring (bicyclic) bond motifs is 1. The number of aromatic nitrogens is 3. The summed E-state index contributed by atoms with van der Waals surface area (Å²) in [5, 5.41) is 8.65. The van der Waals surface area contributed by atoms with Gasteiger partial charge in [-0.3, -0.25) is 4.79 Å². The number of amides is 1. The number of aryl methyl sites for hydroxylation is 1. The van der Waals surface area contributed by atoms with Crippen molar-refractivity contribution in [3.63, 3.8) is 0 Å². The molecule has 1 fully saturated rings. The normalized spacial score (nSPS) is 16.0. The molecule has 1 amide bonds. The van der Waals surface area contributed by atoms with Crippen LogP contribution in [0.4, 0.5) is 10.8 Å². The molecule has 0 aliphatic carbocycles. The first-order valence-corrected chi connectivity index (χ1v) is 12.1. The summed E-state index contributed by atoms with van der Waals surface area (Å²) in [6.45, 7) is 3.51. The Morgan fingerprint density at radius 3 is 2.74 bits per heavy atom. The van der Waals surface area contributed by atoms with Gasteiger partial charge in [-0.1, -0.05) is 29.5 Å². The monoisotopic (exact) mass is 477 g/mol. The molecule has 2 aromatic carbocycles. The molecule has 1 atom stereocenters. The van der Waals surface area contributed by atoms with E-state index < -0.39 is 0 Å². The zero-order chi connectivity index (χ0) is 23.7. The van der Waals surface area contributed by atoms with Crippen LogP contribution < -0.4 is 19.7 Å². The lowest BCUT2D eigenvalue weighted by molar-refractivity contribution is -0.120. The van der Waals surface area contributed by atoms with Crippen molar-refractivity contribution in [3.8, 4) is 17.2 Å². The minimum absolute atomic E-state index is 0.0130. The molecule has 1 aliphatic rings. The maximum absolute atomic E-state index is 13.1. The summed E-state index contributed by atoms with van der Waals surface area (Å²) in [6, 6.07) is 15.4. The van der Waals surface area contributed by atoms with Crippen molar-refractivity contribution in [2.45, 2.75) is 19.8 Å². The largest absolute Gasteiger partial charge is 0.497 e. The predicted molar refractivity (Wildman–Crippen MR) is 135 cm³/mol. The highest BCUT2D eigenvalue weighted by Gasteiger charge is 2.29. The van der Waals surface area contributed by atoms with Crippen molar-refractivity contribution in [1.29, 1.82) is 0 Å². The van der Waals surface area contributed by atoms with Gasteiger partial charge in [0.25, 0.3) is 0 Å². The molecular weight excluding hydrogens is 450 g/mol. The topological polar surface area (TPSA) is 81.5 Å². The number of para-hydroxylation sites is 1. The third-order valence-corrected chi connectivity index (χ3v) is 7.32. The number of hydrogen-bond donors (Lipinski definition) is 1. The third kappa shape index (κ3) is 4.19. The van der Waals surface area contributed by atoms with Crippen LogP contribution in [0.1, 0.15) is 18.5 Å². The average molecular weight is 478 g/mol. The van der Waals surface area contributed by atoms with E-state index in [2.05, 4.69) is 15.3 Å². The lowest BCUT2D eigenvalue weighted by Gasteiger charge is -2.31. The summed E-state index contributed by atoms with van der Waals surface area (Å²) in [4.78, 5) is 20.3. The first kappa shape index (κ1) is 22.2. The molecule has 5 rings (SSSR count). The molecule has 1 N–H and O–H groups in total. The van der Waals surface area contributed by atoms with E-state index in [0.29, 0.717) is 23.7 Å². The van der Waals surface area contributed by atoms with E-state index in [4.69, 9.17) is 14.5 Å². The molecular formula is C25H27N5O3S. The number of hydrogen-bond acceptors (Lipinski definition) is 7. The molecule has 0 bridgehead atoms. The molecule has 0 unspecified atom stereocenters. The molecule has 0 saturated carbocycles. The fraction of sp³-hybridized carbons (Fsp3) is 0.320. The van der Waals surface area contributed by atoms with Gasteiger partial charge in [0.15, 0.2) is 10.8 Å². The Kier molecular flexibility index (Phi) is 6.10. The summed E-state index contributed by atoms with van der Waals surface area (Å²) in [7, 11) is 3.18. The number of thiazole rings is 1. The standard InChI is InChI=1S/C25H27N5O3S/c1-16-22-23(30(28-16)18-9-5-4-6-10-18)27-25(34-22)29-13-7-8-17(15-29)24(31)26-20-12-11-19(32-2)14-21(20)33-3/h4-6,9-12,14,17H,7-8,13,15H2,1-3H3,(H,26,31)/t17-/m0/s1. The molecule has 176 valence electrons. The van der Waals surface area contributed by atoms with Crippen LogP contribution in [-0.4, -0.2) is 48.0 Å². The molecule has 9 heteroatoms. The molecule has 3 heterocycles. The number of nitrogens with zero attached hydrogens (tertiary/aromatic N) is 4. The van der Waals surface area contributed by atoms with Gasteiger partial charge in [-0.05, 0) is 44.0 Å². The minimum Gasteiger partial charge on any atom is -0.497 e. The highest BCUT2D eigenvalue weighted by Crippen LogP contribution is 2.35. The molecule has 0 radical (unpaired) electrons. The smallest absolute Gasteiger partial charge is 0.229 e. The highest BCUT2D eigenvalue weighted by molar-refractivity contribution is 7.22. The number of piperidine rings is 1. The quantitative estimate of drug-likeness (QED) is 0.435. The number of methoxy groups -OCH3 is 2. The fourth-order valence-electron chi connectivity index (χ4n) is 4.31. The second-order valence-electron chi connectivity index (χ2n) is 8.32. The van der Waals surface area contributed by atoms with Crippen LogP contribution in [0, 0.1) is 12.8 Å². The van der Waals surface area contributed by atoms with Crippen molar-refractivity contribution >= 4 is 38.4 Å². The lowest BCUT2D eigenvalue weighted by Crippen LogP contribution is -2.40. The molecule has 1 saturated heterocycles. The maximum atomic E-state index is 13.1. The number of anilines is 2. The highest BCUT2D eigenvalue weighted by atomic mass is 32.1. The number of rotatable bonds is 6. The Hall–Kier alpha value is -3.59. The fourth-order valence-corrected chi connectivity index (χ4v) is 5.33. The maximum Gasteiger partial charge on any atom is 0.229 e. The van der Waals surface area contributed by atoms with Crippen molar-refractivity contribution in [1.82, 2.24) is 14.8 Å². The van der Waals surface area contributed by atoms with E-state index in [-0.39, 0.29) is 11.8 Å². The van der Waals surface area contributed by atoms with E-state index in [1.165, 1.54) is 0 Å². The summed E-state index contributed by atoms with van der Waals surface area (Å²) in [5.41, 5.74) is 3.45. The van der Waals surface area contributed by atoms with Gasteiger partial charge < -0.3 is 19.7 Å². The lowest BCUT2D eigenvalue weighted by atomic mass is 9.97. The van der Waals surface area contributed by atoms with Crippen molar-refractivity contribution in [2.75, 3.05) is 37.5 Å². The Balaban J connectivity index is 1.35. The Labute approximate surface area is 202 Å². The summed E-state index contributed by atoms with van der Waals surface area (Å²) >= 11 is 1.64. The molecule has 4 aromatic rings.